The van der Waals surface area contributed by atoms with E-state index >= 15 is 0 Å². The number of carbonyl (C=O) groups is 1. The maximum absolute atomic E-state index is 14.6. The predicted octanol–water partition coefficient (Wildman–Crippen LogP) is 5.00. The first-order valence-corrected chi connectivity index (χ1v) is 9.17. The van der Waals surface area contributed by atoms with Gasteiger partial charge in [0, 0.05) is 22.4 Å². The summed E-state index contributed by atoms with van der Waals surface area (Å²) in [6, 6.07) is -0.872. The zero-order valence-corrected chi connectivity index (χ0v) is 18.0. The number of carbonyl (C=O) groups excluding carboxylic acids is 1. The van der Waals surface area contributed by atoms with E-state index in [9.17, 15) is 67.5 Å². The van der Waals surface area contributed by atoms with E-state index in [4.69, 9.17) is 0 Å². The third-order valence-corrected chi connectivity index (χ3v) is 4.72. The molecule has 35 heavy (non-hydrogen) atoms. The van der Waals surface area contributed by atoms with E-state index in [1.54, 1.807) is 0 Å². The summed E-state index contributed by atoms with van der Waals surface area (Å²) in [7, 11) is -3.59. The van der Waals surface area contributed by atoms with Gasteiger partial charge in [0.05, 0.1) is 0 Å². The van der Waals surface area contributed by atoms with Gasteiger partial charge >= 0.3 is 41.6 Å². The Morgan fingerprint density at radius 1 is 0.857 bits per heavy atom. The van der Waals surface area contributed by atoms with E-state index in [1.165, 1.54) is 5.32 Å². The van der Waals surface area contributed by atoms with E-state index in [0.29, 0.717) is 0 Å². The smallest absolute Gasteiger partial charge is 0.423 e. The minimum Gasteiger partial charge on any atom is -0.423 e. The Morgan fingerprint density at radius 3 is 1.60 bits per heavy atom. The predicted molar refractivity (Wildman–Crippen MR) is 99.0 cm³/mol. The summed E-state index contributed by atoms with van der Waals surface area (Å²) in [4.78, 5) is 11.7. The van der Waals surface area contributed by atoms with Crippen molar-refractivity contribution >= 4 is 47.4 Å². The topological polar surface area (TPSA) is 69.6 Å². The molecular weight excluding hydrogens is 564 g/mol. The van der Waals surface area contributed by atoms with E-state index in [2.05, 4.69) is 29.8 Å². The van der Waals surface area contributed by atoms with E-state index in [0.717, 1.165) is 6.92 Å². The van der Waals surface area contributed by atoms with Crippen LogP contribution >= 0.6 is 23.2 Å². The SMILES string of the molecule is C=C(C)C(=O)Nc1cc(B(O)O)c(C(F)(F)C(F)(F)C(F)(F)Cl)c(C(F)(F)C(F)(F)C(F)(F)Cl)c1. The molecule has 0 radical (unpaired) electrons. The lowest BCUT2D eigenvalue weighted by Crippen LogP contribution is -2.56. The number of benzene rings is 1. The molecule has 4 nitrogen and oxygen atoms in total. The van der Waals surface area contributed by atoms with Crippen LogP contribution < -0.4 is 10.8 Å². The molecule has 198 valence electrons. The van der Waals surface area contributed by atoms with Crippen LogP contribution in [0.2, 0.25) is 0 Å². The zero-order valence-electron chi connectivity index (χ0n) is 16.5. The minimum absolute atomic E-state index is 0.187. The Balaban J connectivity index is 4.30. The highest BCUT2D eigenvalue weighted by Gasteiger charge is 2.77. The van der Waals surface area contributed by atoms with Crippen LogP contribution in [0.1, 0.15) is 18.1 Å². The molecule has 0 aliphatic carbocycles. The summed E-state index contributed by atoms with van der Waals surface area (Å²) in [6.45, 7) is 4.01. The molecule has 0 heterocycles. The minimum atomic E-state index is -6.92. The maximum Gasteiger partial charge on any atom is 0.489 e. The van der Waals surface area contributed by atoms with Crippen molar-refractivity contribution < 1.29 is 67.5 Å². The Hall–Kier alpha value is -1.85. The van der Waals surface area contributed by atoms with Gasteiger partial charge in [0.25, 0.3) is 5.91 Å². The van der Waals surface area contributed by atoms with Crippen LogP contribution in [0.4, 0.5) is 58.4 Å². The van der Waals surface area contributed by atoms with Gasteiger partial charge in [0.1, 0.15) is 0 Å². The molecule has 0 aliphatic heterocycles. The largest absolute Gasteiger partial charge is 0.489 e. The Bertz CT molecular complexity index is 1010. The third-order valence-electron chi connectivity index (χ3n) is 4.25. The van der Waals surface area contributed by atoms with Gasteiger partial charge in [0.2, 0.25) is 0 Å². The number of alkyl halides is 14. The maximum atomic E-state index is 14.6. The molecule has 0 unspecified atom stereocenters. The normalized spacial score (nSPS) is 14.1. The molecule has 1 rings (SSSR count). The third kappa shape index (κ3) is 5.32. The number of halogens is 14. The van der Waals surface area contributed by atoms with Crippen LogP contribution in [0.15, 0.2) is 24.3 Å². The molecule has 1 amide bonds. The summed E-state index contributed by atoms with van der Waals surface area (Å²) in [6.07, 6.45) is 0. The lowest BCUT2D eigenvalue weighted by Gasteiger charge is -2.36. The summed E-state index contributed by atoms with van der Waals surface area (Å²) < 4.78 is 166. The van der Waals surface area contributed by atoms with Crippen LogP contribution in [0.25, 0.3) is 0 Å². The molecule has 0 fully saturated rings. The number of nitrogens with one attached hydrogen (secondary N) is 1. The van der Waals surface area contributed by atoms with Crippen molar-refractivity contribution in [3.05, 3.63) is 35.4 Å². The Labute approximate surface area is 197 Å². The van der Waals surface area contributed by atoms with Crippen LogP contribution in [-0.4, -0.2) is 45.7 Å². The van der Waals surface area contributed by atoms with E-state index in [-0.39, 0.29) is 6.07 Å². The number of rotatable bonds is 9. The van der Waals surface area contributed by atoms with Crippen molar-refractivity contribution in [2.24, 2.45) is 0 Å². The molecule has 1 aromatic rings. The Morgan fingerprint density at radius 2 is 1.26 bits per heavy atom. The first-order chi connectivity index (χ1) is 15.2. The first kappa shape index (κ1) is 31.2. The lowest BCUT2D eigenvalue weighted by molar-refractivity contribution is -0.297. The number of amides is 1. The Kier molecular flexibility index (Phi) is 8.22. The summed E-state index contributed by atoms with van der Waals surface area (Å²) in [5.74, 6) is -28.6. The van der Waals surface area contributed by atoms with Gasteiger partial charge < -0.3 is 15.4 Å². The average molecular weight is 574 g/mol. The average Bonchev–Trinajstić information content (AvgIpc) is 2.64. The summed E-state index contributed by atoms with van der Waals surface area (Å²) in [5.41, 5.74) is -10.7. The van der Waals surface area contributed by atoms with Crippen molar-refractivity contribution in [3.8, 4) is 0 Å². The van der Waals surface area contributed by atoms with Crippen molar-refractivity contribution in [2.45, 2.75) is 41.4 Å². The lowest BCUT2D eigenvalue weighted by atomic mass is 9.71. The van der Waals surface area contributed by atoms with Gasteiger partial charge in [-0.25, -0.2) is 0 Å². The molecule has 1 aromatic carbocycles. The van der Waals surface area contributed by atoms with Gasteiger partial charge in [0.15, 0.2) is 0 Å². The van der Waals surface area contributed by atoms with Gasteiger partial charge in [-0.15, -0.1) is 0 Å². The van der Waals surface area contributed by atoms with Crippen molar-refractivity contribution in [1.29, 1.82) is 0 Å². The fourth-order valence-electron chi connectivity index (χ4n) is 2.46. The summed E-state index contributed by atoms with van der Waals surface area (Å²) in [5, 5.41) is 7.52. The molecule has 19 heteroatoms. The first-order valence-electron chi connectivity index (χ1n) is 8.41. The second-order valence-corrected chi connectivity index (χ2v) is 7.84. The second kappa shape index (κ2) is 9.23. The van der Waals surface area contributed by atoms with E-state index in [1.807, 2.05) is 0 Å². The van der Waals surface area contributed by atoms with Crippen molar-refractivity contribution in [2.75, 3.05) is 5.32 Å². The number of hydrogen-bond donors (Lipinski definition) is 3. The number of anilines is 1. The standard InChI is InChI=1S/C16H10BCl2F12NO3/c1-5(2)10(33)32-6-3-7(11(20,21)13(24,25)15(18,28)29)9(8(4-6)17(34)35)12(22,23)14(26,27)16(19,30)31/h3-4,34-35H,1H2,2H3,(H,32,33). The summed E-state index contributed by atoms with van der Waals surface area (Å²) >= 11 is 7.86. The fourth-order valence-corrected chi connectivity index (χ4v) is 2.70. The molecule has 0 atom stereocenters. The highest BCUT2D eigenvalue weighted by atomic mass is 35.5. The van der Waals surface area contributed by atoms with Gasteiger partial charge in [-0.05, 0) is 47.7 Å². The molecule has 0 aliphatic rings. The van der Waals surface area contributed by atoms with Crippen LogP contribution in [0, 0.1) is 0 Å². The zero-order chi connectivity index (χ0) is 28.2. The van der Waals surface area contributed by atoms with Crippen LogP contribution in [-0.2, 0) is 16.6 Å². The van der Waals surface area contributed by atoms with Crippen LogP contribution in [0.3, 0.4) is 0 Å². The quantitative estimate of drug-likeness (QED) is 0.169. The molecular formula is C16H10BCl2F12NO3. The molecule has 3 N–H and O–H groups in total. The number of hydrogen-bond acceptors (Lipinski definition) is 3. The molecule has 0 spiro atoms. The van der Waals surface area contributed by atoms with Crippen molar-refractivity contribution in [3.63, 3.8) is 0 Å². The fraction of sp³-hybridized carbons (Fsp3) is 0.438. The molecule has 0 bridgehead atoms. The van der Waals surface area contributed by atoms with Crippen molar-refractivity contribution in [1.82, 2.24) is 0 Å². The molecule has 0 saturated heterocycles. The molecule has 0 aromatic heterocycles. The monoisotopic (exact) mass is 573 g/mol. The highest BCUT2D eigenvalue weighted by Crippen LogP contribution is 2.58. The van der Waals surface area contributed by atoms with Gasteiger partial charge in [-0.1, -0.05) is 6.58 Å². The van der Waals surface area contributed by atoms with E-state index < -0.39 is 81.4 Å². The second-order valence-electron chi connectivity index (χ2n) is 6.89. The molecule has 0 saturated carbocycles. The van der Waals surface area contributed by atoms with Gasteiger partial charge in [-0.3, -0.25) is 4.79 Å². The van der Waals surface area contributed by atoms with Gasteiger partial charge in [-0.2, -0.15) is 52.7 Å². The highest BCUT2D eigenvalue weighted by molar-refractivity contribution is 6.59. The van der Waals surface area contributed by atoms with Crippen LogP contribution in [0.5, 0.6) is 0 Å².